The van der Waals surface area contributed by atoms with Gasteiger partial charge in [-0.1, -0.05) is 18.2 Å². The molecule has 0 saturated heterocycles. The van der Waals surface area contributed by atoms with Crippen molar-refractivity contribution in [2.45, 2.75) is 44.7 Å². The van der Waals surface area contributed by atoms with Crippen molar-refractivity contribution in [1.82, 2.24) is 19.6 Å². The van der Waals surface area contributed by atoms with Gasteiger partial charge in [0.2, 0.25) is 0 Å². The highest BCUT2D eigenvalue weighted by molar-refractivity contribution is 6.03. The first-order chi connectivity index (χ1) is 16.6. The Labute approximate surface area is 197 Å². The van der Waals surface area contributed by atoms with Crippen molar-refractivity contribution >= 4 is 34.4 Å². The summed E-state index contributed by atoms with van der Waals surface area (Å²) in [5.74, 6) is 0.428. The molecule has 0 bridgehead atoms. The summed E-state index contributed by atoms with van der Waals surface area (Å²) in [4.78, 5) is 21.6. The molecule has 0 atom stereocenters. The Balaban J connectivity index is 1.54. The van der Waals surface area contributed by atoms with Gasteiger partial charge >= 0.3 is 0 Å². The number of anilines is 4. The molecule has 1 amide bonds. The molecule has 1 fully saturated rings. The number of nitrogens with zero attached hydrogens (tertiary/aromatic N) is 4. The quantitative estimate of drug-likeness (QED) is 0.344. The summed E-state index contributed by atoms with van der Waals surface area (Å²) < 4.78 is 1.60. The van der Waals surface area contributed by atoms with Gasteiger partial charge in [0, 0.05) is 41.4 Å². The number of nitrogens with one attached hydrogen (secondary N) is 3. The molecule has 5 N–H and O–H groups in total. The van der Waals surface area contributed by atoms with Crippen LogP contribution in [0.2, 0.25) is 0 Å². The number of hydrogen-bond donors (Lipinski definition) is 4. The number of hydrogen-bond acceptors (Lipinski definition) is 7. The van der Waals surface area contributed by atoms with Crippen molar-refractivity contribution in [2.75, 3.05) is 16.0 Å². The Morgan fingerprint density at radius 3 is 2.50 bits per heavy atom. The summed E-state index contributed by atoms with van der Waals surface area (Å²) in [6.45, 7) is 2.01. The third-order valence-corrected chi connectivity index (χ3v) is 6.22. The summed E-state index contributed by atoms with van der Waals surface area (Å²) in [5, 5.41) is 14.8. The minimum Gasteiger partial charge on any atom is -0.366 e. The number of carbonyl (C=O) groups is 1. The summed E-state index contributed by atoms with van der Waals surface area (Å²) in [7, 11) is 0. The molecule has 3 aromatic heterocycles. The Bertz CT molecular complexity index is 1280. The smallest absolute Gasteiger partial charge is 0.276 e. The van der Waals surface area contributed by atoms with E-state index >= 15 is 0 Å². The van der Waals surface area contributed by atoms with E-state index in [0.717, 1.165) is 48.4 Å². The molecule has 1 aliphatic rings. The van der Waals surface area contributed by atoms with E-state index in [4.69, 9.17) is 10.8 Å². The van der Waals surface area contributed by atoms with Gasteiger partial charge in [0.1, 0.15) is 0 Å². The number of para-hydroxylation sites is 1. The van der Waals surface area contributed by atoms with Crippen LogP contribution in [0.25, 0.3) is 5.65 Å². The summed E-state index contributed by atoms with van der Waals surface area (Å²) in [5.41, 5.74) is 10.3. The van der Waals surface area contributed by atoms with Gasteiger partial charge in [0.05, 0.1) is 11.9 Å². The van der Waals surface area contributed by atoms with Gasteiger partial charge in [0.15, 0.2) is 17.2 Å². The van der Waals surface area contributed by atoms with Crippen molar-refractivity contribution < 1.29 is 4.79 Å². The average Bonchev–Trinajstić information content (AvgIpc) is 3.28. The molecule has 1 aromatic carbocycles. The second-order valence-electron chi connectivity index (χ2n) is 8.66. The van der Waals surface area contributed by atoms with Crippen LogP contribution in [0.15, 0.2) is 61.1 Å². The van der Waals surface area contributed by atoms with E-state index in [1.54, 1.807) is 35.2 Å². The molecular weight excluding hydrogens is 428 g/mol. The molecule has 0 aliphatic heterocycles. The van der Waals surface area contributed by atoms with E-state index in [9.17, 15) is 4.79 Å². The van der Waals surface area contributed by atoms with Gasteiger partial charge in [-0.15, -0.1) is 5.10 Å². The predicted octanol–water partition coefficient (Wildman–Crippen LogP) is 4.11. The molecular formula is C25H28N8O. The van der Waals surface area contributed by atoms with E-state index in [0.29, 0.717) is 17.0 Å². The Hall–Kier alpha value is -3.98. The molecule has 5 rings (SSSR count). The van der Waals surface area contributed by atoms with Gasteiger partial charge in [-0.25, -0.2) is 9.50 Å². The van der Waals surface area contributed by atoms with Crippen molar-refractivity contribution in [1.29, 1.82) is 0 Å². The fraction of sp³-hybridized carbons (Fsp3) is 0.280. The van der Waals surface area contributed by atoms with Gasteiger partial charge in [-0.3, -0.25) is 9.78 Å². The number of rotatable bonds is 6. The molecule has 34 heavy (non-hydrogen) atoms. The SMILES string of the molecule is Cc1c(NC2CCC(N)CC2)nn2c(C(=O)Nc3ccncc3)cnc2c1Nc1ccccc1. The normalized spacial score (nSPS) is 17.9. The highest BCUT2D eigenvalue weighted by Crippen LogP contribution is 2.31. The number of aromatic nitrogens is 4. The van der Waals surface area contributed by atoms with Crippen LogP contribution < -0.4 is 21.7 Å². The van der Waals surface area contributed by atoms with E-state index in [2.05, 4.69) is 25.9 Å². The van der Waals surface area contributed by atoms with Crippen LogP contribution in [0.5, 0.6) is 0 Å². The summed E-state index contributed by atoms with van der Waals surface area (Å²) >= 11 is 0. The van der Waals surface area contributed by atoms with E-state index in [1.807, 2.05) is 37.3 Å². The fourth-order valence-corrected chi connectivity index (χ4v) is 4.27. The zero-order valence-corrected chi connectivity index (χ0v) is 19.0. The zero-order chi connectivity index (χ0) is 23.5. The second kappa shape index (κ2) is 9.48. The molecule has 0 radical (unpaired) electrons. The topological polar surface area (TPSA) is 122 Å². The van der Waals surface area contributed by atoms with E-state index < -0.39 is 0 Å². The van der Waals surface area contributed by atoms with Crippen molar-refractivity contribution in [3.05, 3.63) is 72.3 Å². The first kappa shape index (κ1) is 21.8. The maximum atomic E-state index is 13.1. The lowest BCUT2D eigenvalue weighted by atomic mass is 9.92. The van der Waals surface area contributed by atoms with E-state index in [-0.39, 0.29) is 18.0 Å². The largest absolute Gasteiger partial charge is 0.366 e. The third kappa shape index (κ3) is 4.55. The minimum absolute atomic E-state index is 0.266. The number of nitrogens with two attached hydrogens (primary N) is 1. The van der Waals surface area contributed by atoms with Crippen LogP contribution in [0.4, 0.5) is 22.9 Å². The molecule has 3 heterocycles. The first-order valence-electron chi connectivity index (χ1n) is 11.5. The molecule has 1 saturated carbocycles. The molecule has 0 spiro atoms. The Morgan fingerprint density at radius 1 is 1.03 bits per heavy atom. The predicted molar refractivity (Wildman–Crippen MR) is 133 cm³/mol. The maximum absolute atomic E-state index is 13.1. The van der Waals surface area contributed by atoms with Crippen LogP contribution in [-0.4, -0.2) is 37.6 Å². The maximum Gasteiger partial charge on any atom is 0.276 e. The number of fused-ring (bicyclic) bond motifs is 1. The van der Waals surface area contributed by atoms with Gasteiger partial charge in [-0.05, 0) is 56.9 Å². The molecule has 174 valence electrons. The Morgan fingerprint density at radius 2 is 1.76 bits per heavy atom. The van der Waals surface area contributed by atoms with Gasteiger partial charge in [-0.2, -0.15) is 0 Å². The molecule has 9 nitrogen and oxygen atoms in total. The number of pyridine rings is 1. The van der Waals surface area contributed by atoms with Crippen LogP contribution in [0.3, 0.4) is 0 Å². The number of imidazole rings is 1. The number of benzene rings is 1. The lowest BCUT2D eigenvalue weighted by Crippen LogP contribution is -2.33. The third-order valence-electron chi connectivity index (χ3n) is 6.22. The average molecular weight is 457 g/mol. The van der Waals surface area contributed by atoms with Crippen LogP contribution in [0.1, 0.15) is 41.7 Å². The fourth-order valence-electron chi connectivity index (χ4n) is 4.27. The highest BCUT2D eigenvalue weighted by atomic mass is 16.2. The van der Waals surface area contributed by atoms with Gasteiger partial charge in [0.25, 0.3) is 5.91 Å². The molecule has 9 heteroatoms. The van der Waals surface area contributed by atoms with Crippen molar-refractivity contribution in [3.63, 3.8) is 0 Å². The van der Waals surface area contributed by atoms with E-state index in [1.165, 1.54) is 0 Å². The van der Waals surface area contributed by atoms with Crippen LogP contribution in [0, 0.1) is 6.92 Å². The van der Waals surface area contributed by atoms with Crippen molar-refractivity contribution in [3.8, 4) is 0 Å². The molecule has 1 aliphatic carbocycles. The molecule has 4 aromatic rings. The lowest BCUT2D eigenvalue weighted by Gasteiger charge is -2.28. The number of amides is 1. The number of carbonyl (C=O) groups excluding carboxylic acids is 1. The summed E-state index contributed by atoms with van der Waals surface area (Å²) in [6, 6.07) is 13.9. The first-order valence-corrected chi connectivity index (χ1v) is 11.5. The van der Waals surface area contributed by atoms with Crippen LogP contribution >= 0.6 is 0 Å². The van der Waals surface area contributed by atoms with Crippen molar-refractivity contribution in [2.24, 2.45) is 5.73 Å². The Kier molecular flexibility index (Phi) is 6.09. The highest BCUT2D eigenvalue weighted by Gasteiger charge is 2.23. The minimum atomic E-state index is -0.296. The van der Waals surface area contributed by atoms with Crippen LogP contribution in [-0.2, 0) is 0 Å². The molecule has 0 unspecified atom stereocenters. The monoisotopic (exact) mass is 456 g/mol. The summed E-state index contributed by atoms with van der Waals surface area (Å²) in [6.07, 6.45) is 8.76. The lowest BCUT2D eigenvalue weighted by molar-refractivity contribution is 0.102. The zero-order valence-electron chi connectivity index (χ0n) is 19.0. The standard InChI is InChI=1S/C25H28N8O/c1-16-22(29-18-5-3-2-4-6-18)24-28-15-21(25(34)31-20-11-13-27-14-12-20)33(24)32-23(16)30-19-9-7-17(26)8-10-19/h2-6,11-15,17,19,29H,7-10,26H2,1H3,(H,30,32)(H,27,31,34). The van der Waals surface area contributed by atoms with Gasteiger partial charge < -0.3 is 21.7 Å². The second-order valence-corrected chi connectivity index (χ2v) is 8.66.